The van der Waals surface area contributed by atoms with Crippen molar-refractivity contribution in [3.05, 3.63) is 84.3 Å². The van der Waals surface area contributed by atoms with Crippen LogP contribution in [0.4, 0.5) is 5.69 Å². The van der Waals surface area contributed by atoms with Crippen LogP contribution in [0.2, 0.25) is 0 Å². The minimum Gasteiger partial charge on any atom is -0.468 e. The van der Waals surface area contributed by atoms with Crippen LogP contribution in [0.15, 0.2) is 82.3 Å². The van der Waals surface area contributed by atoms with Crippen molar-refractivity contribution in [1.82, 2.24) is 4.72 Å². The van der Waals surface area contributed by atoms with Gasteiger partial charge in [-0.1, -0.05) is 36.4 Å². The second-order valence-electron chi connectivity index (χ2n) is 6.63. The summed E-state index contributed by atoms with van der Waals surface area (Å²) in [6.45, 7) is 0.0158. The van der Waals surface area contributed by atoms with Crippen molar-refractivity contribution in [3.63, 3.8) is 0 Å². The maximum Gasteiger partial charge on any atom is 0.241 e. The molecular formula is C22H21N3O4S. The molecule has 0 aliphatic heterocycles. The third kappa shape index (κ3) is 5.80. The highest BCUT2D eigenvalue weighted by atomic mass is 32.2. The Hall–Kier alpha value is -3.41. The molecular weight excluding hydrogens is 402 g/mol. The smallest absolute Gasteiger partial charge is 0.241 e. The van der Waals surface area contributed by atoms with Gasteiger partial charge in [-0.2, -0.15) is 5.26 Å². The predicted molar refractivity (Wildman–Crippen MR) is 112 cm³/mol. The zero-order valence-corrected chi connectivity index (χ0v) is 16.9. The van der Waals surface area contributed by atoms with Gasteiger partial charge in [-0.05, 0) is 48.7 Å². The molecule has 3 rings (SSSR count). The number of rotatable bonds is 9. The van der Waals surface area contributed by atoms with E-state index in [4.69, 9.17) is 4.42 Å². The first-order valence-electron chi connectivity index (χ1n) is 9.34. The van der Waals surface area contributed by atoms with Gasteiger partial charge in [-0.25, -0.2) is 13.1 Å². The van der Waals surface area contributed by atoms with Gasteiger partial charge in [0.15, 0.2) is 0 Å². The molecule has 0 bridgehead atoms. The molecule has 1 heterocycles. The topological polar surface area (TPSA) is 112 Å². The number of carbonyl (C=O) groups excluding carboxylic acids is 1. The number of hydrogen-bond acceptors (Lipinski definition) is 5. The molecule has 0 aliphatic carbocycles. The van der Waals surface area contributed by atoms with E-state index in [1.807, 2.05) is 36.4 Å². The summed E-state index contributed by atoms with van der Waals surface area (Å²) in [5.41, 5.74) is 1.35. The summed E-state index contributed by atoms with van der Waals surface area (Å²) in [7, 11) is -3.79. The number of aryl methyl sites for hydroxylation is 1. The first-order valence-corrected chi connectivity index (χ1v) is 10.8. The summed E-state index contributed by atoms with van der Waals surface area (Å²) in [5, 5.41) is 12.0. The van der Waals surface area contributed by atoms with Gasteiger partial charge in [0.05, 0.1) is 23.8 Å². The first-order chi connectivity index (χ1) is 14.5. The summed E-state index contributed by atoms with van der Waals surface area (Å²) < 4.78 is 32.6. The molecule has 0 saturated carbocycles. The minimum absolute atomic E-state index is 0.00430. The van der Waals surface area contributed by atoms with Gasteiger partial charge in [0.2, 0.25) is 15.9 Å². The molecule has 8 heteroatoms. The molecule has 30 heavy (non-hydrogen) atoms. The summed E-state index contributed by atoms with van der Waals surface area (Å²) in [5.74, 6) is -0.826. The Morgan fingerprint density at radius 3 is 2.57 bits per heavy atom. The first kappa shape index (κ1) is 21.3. The lowest BCUT2D eigenvalue weighted by Gasteiger charge is -2.12. The molecule has 0 aliphatic rings. The largest absolute Gasteiger partial charge is 0.468 e. The second kappa shape index (κ2) is 9.87. The molecule has 154 valence electrons. The molecule has 0 radical (unpaired) electrons. The van der Waals surface area contributed by atoms with E-state index in [1.54, 1.807) is 18.2 Å². The molecule has 0 fully saturated rings. The van der Waals surface area contributed by atoms with Crippen LogP contribution in [0.5, 0.6) is 0 Å². The van der Waals surface area contributed by atoms with Crippen LogP contribution in [-0.4, -0.2) is 14.3 Å². The van der Waals surface area contributed by atoms with E-state index in [2.05, 4.69) is 10.0 Å². The van der Waals surface area contributed by atoms with Gasteiger partial charge in [0, 0.05) is 5.69 Å². The lowest BCUT2D eigenvalue weighted by Crippen LogP contribution is -2.24. The number of hydrogen-bond donors (Lipinski definition) is 2. The summed E-state index contributed by atoms with van der Waals surface area (Å²) in [6.07, 6.45) is 2.43. The number of sulfonamides is 1. The van der Waals surface area contributed by atoms with Crippen LogP contribution >= 0.6 is 0 Å². The Balaban J connectivity index is 1.63. The van der Waals surface area contributed by atoms with Gasteiger partial charge < -0.3 is 9.73 Å². The molecule has 7 nitrogen and oxygen atoms in total. The van der Waals surface area contributed by atoms with Gasteiger partial charge >= 0.3 is 0 Å². The van der Waals surface area contributed by atoms with Gasteiger partial charge in [-0.15, -0.1) is 0 Å². The summed E-state index contributed by atoms with van der Waals surface area (Å²) >= 11 is 0. The molecule has 1 aromatic heterocycles. The fourth-order valence-electron chi connectivity index (χ4n) is 2.84. The van der Waals surface area contributed by atoms with Crippen LogP contribution in [0.25, 0.3) is 0 Å². The number of nitrogens with zero attached hydrogens (tertiary/aromatic N) is 1. The molecule has 0 spiro atoms. The normalized spacial score (nSPS) is 12.1. The Morgan fingerprint density at radius 2 is 1.87 bits per heavy atom. The summed E-state index contributed by atoms with van der Waals surface area (Å²) in [6, 6.07) is 20.8. The van der Waals surface area contributed by atoms with E-state index in [0.717, 1.165) is 5.56 Å². The Kier molecular flexibility index (Phi) is 7.01. The van der Waals surface area contributed by atoms with Crippen LogP contribution in [-0.2, 0) is 27.8 Å². The van der Waals surface area contributed by atoms with Crippen LogP contribution in [0.3, 0.4) is 0 Å². The second-order valence-corrected chi connectivity index (χ2v) is 8.39. The molecule has 1 amide bonds. The van der Waals surface area contributed by atoms with E-state index in [0.29, 0.717) is 24.3 Å². The third-order valence-electron chi connectivity index (χ3n) is 4.47. The maximum absolute atomic E-state index is 12.5. The highest BCUT2D eigenvalue weighted by molar-refractivity contribution is 7.89. The average Bonchev–Trinajstić information content (AvgIpc) is 3.28. The van der Waals surface area contributed by atoms with Gasteiger partial charge in [-0.3, -0.25) is 4.79 Å². The van der Waals surface area contributed by atoms with Crippen LogP contribution < -0.4 is 10.0 Å². The molecule has 0 unspecified atom stereocenters. The number of amides is 1. The highest BCUT2D eigenvalue weighted by Gasteiger charge is 2.20. The minimum atomic E-state index is -3.79. The van der Waals surface area contributed by atoms with E-state index in [-0.39, 0.29) is 11.4 Å². The standard InChI is InChI=1S/C22H21N3O4S/c23-15-18(12-11-17-6-2-1-3-7-17)22(26)25-19-8-4-10-21(14-19)30(27,28)24-16-20-9-5-13-29-20/h1-10,13-14,18,24H,11-12,16H2,(H,25,26)/t18-/m0/s1. The van der Waals surface area contributed by atoms with Crippen molar-refractivity contribution in [2.75, 3.05) is 5.32 Å². The Labute approximate surface area is 175 Å². The number of anilines is 1. The number of carbonyl (C=O) groups is 1. The number of nitrogens with one attached hydrogen (secondary N) is 2. The molecule has 1 atom stereocenters. The fraction of sp³-hybridized carbons (Fsp3) is 0.182. The fourth-order valence-corrected chi connectivity index (χ4v) is 3.88. The maximum atomic E-state index is 12.5. The highest BCUT2D eigenvalue weighted by Crippen LogP contribution is 2.18. The van der Waals surface area contributed by atoms with Crippen molar-refractivity contribution in [1.29, 1.82) is 5.26 Å². The lowest BCUT2D eigenvalue weighted by molar-refractivity contribution is -0.118. The molecule has 2 aromatic carbocycles. The van der Waals surface area contributed by atoms with Gasteiger partial charge in [0.1, 0.15) is 11.7 Å². The summed E-state index contributed by atoms with van der Waals surface area (Å²) in [4.78, 5) is 12.5. The zero-order chi connectivity index (χ0) is 21.4. The van der Waals surface area contributed by atoms with E-state index in [9.17, 15) is 18.5 Å². The number of benzene rings is 2. The molecule has 2 N–H and O–H groups in total. The van der Waals surface area contributed by atoms with E-state index < -0.39 is 21.8 Å². The van der Waals surface area contributed by atoms with Crippen molar-refractivity contribution in [2.45, 2.75) is 24.3 Å². The van der Waals surface area contributed by atoms with Crippen molar-refractivity contribution < 1.29 is 17.6 Å². The molecule has 0 saturated heterocycles. The predicted octanol–water partition coefficient (Wildman–Crippen LogP) is 3.47. The zero-order valence-electron chi connectivity index (χ0n) is 16.1. The number of nitriles is 1. The lowest BCUT2D eigenvalue weighted by atomic mass is 10.00. The third-order valence-corrected chi connectivity index (χ3v) is 5.86. The van der Waals surface area contributed by atoms with E-state index in [1.165, 1.54) is 24.5 Å². The quantitative estimate of drug-likeness (QED) is 0.547. The van der Waals surface area contributed by atoms with Gasteiger partial charge in [0.25, 0.3) is 0 Å². The van der Waals surface area contributed by atoms with Crippen molar-refractivity contribution >= 4 is 21.6 Å². The average molecular weight is 423 g/mol. The Bertz CT molecular complexity index is 1120. The Morgan fingerprint density at radius 1 is 1.07 bits per heavy atom. The SMILES string of the molecule is N#C[C@H](CCc1ccccc1)C(=O)Nc1cccc(S(=O)(=O)NCc2ccco2)c1. The van der Waals surface area contributed by atoms with E-state index >= 15 is 0 Å². The van der Waals surface area contributed by atoms with Crippen molar-refractivity contribution in [3.8, 4) is 6.07 Å². The van der Waals surface area contributed by atoms with Crippen molar-refractivity contribution in [2.24, 2.45) is 5.92 Å². The monoisotopic (exact) mass is 423 g/mol. The van der Waals surface area contributed by atoms with Crippen LogP contribution in [0.1, 0.15) is 17.7 Å². The van der Waals surface area contributed by atoms with Crippen LogP contribution in [0, 0.1) is 17.2 Å². The molecule has 3 aromatic rings. The number of furan rings is 1.